The molecule has 1 fully saturated rings. The van der Waals surface area contributed by atoms with Crippen molar-refractivity contribution in [2.24, 2.45) is 0 Å². The molecule has 0 bridgehead atoms. The van der Waals surface area contributed by atoms with Crippen molar-refractivity contribution in [2.75, 3.05) is 45.9 Å². The smallest absolute Gasteiger partial charge is 0.223 e. The van der Waals surface area contributed by atoms with Crippen molar-refractivity contribution in [3.05, 3.63) is 21.9 Å². The third-order valence-electron chi connectivity index (χ3n) is 4.70. The van der Waals surface area contributed by atoms with Gasteiger partial charge in [-0.15, -0.1) is 11.3 Å². The SMILES string of the molecule is CC(=O)N1CCN(CCNC(=O)CC2OCCc3ccsc32)CC1. The zero-order valence-corrected chi connectivity index (χ0v) is 14.9. The van der Waals surface area contributed by atoms with Crippen LogP contribution in [0.25, 0.3) is 0 Å². The summed E-state index contributed by atoms with van der Waals surface area (Å²) in [5, 5.41) is 5.07. The first-order valence-electron chi connectivity index (χ1n) is 8.56. The molecule has 2 aliphatic rings. The van der Waals surface area contributed by atoms with Crippen LogP contribution in [-0.4, -0.2) is 67.5 Å². The first-order chi connectivity index (χ1) is 11.6. The molecule has 0 aliphatic carbocycles. The summed E-state index contributed by atoms with van der Waals surface area (Å²) in [5.41, 5.74) is 1.33. The molecule has 2 amide bonds. The lowest BCUT2D eigenvalue weighted by Gasteiger charge is -2.34. The Balaban J connectivity index is 1.36. The van der Waals surface area contributed by atoms with Gasteiger partial charge in [0, 0.05) is 51.1 Å². The minimum atomic E-state index is -0.0899. The van der Waals surface area contributed by atoms with Gasteiger partial charge >= 0.3 is 0 Å². The number of hydrogen-bond donors (Lipinski definition) is 1. The van der Waals surface area contributed by atoms with Crippen LogP contribution in [0.15, 0.2) is 11.4 Å². The molecule has 1 unspecified atom stereocenters. The topological polar surface area (TPSA) is 61.9 Å². The summed E-state index contributed by atoms with van der Waals surface area (Å²) in [6.45, 7) is 7.08. The number of piperazine rings is 1. The van der Waals surface area contributed by atoms with E-state index in [2.05, 4.69) is 21.7 Å². The molecule has 2 aliphatic heterocycles. The summed E-state index contributed by atoms with van der Waals surface area (Å²) in [6.07, 6.45) is 1.25. The lowest BCUT2D eigenvalue weighted by atomic mass is 10.1. The van der Waals surface area contributed by atoms with Gasteiger partial charge in [-0.3, -0.25) is 14.5 Å². The van der Waals surface area contributed by atoms with Gasteiger partial charge in [0.15, 0.2) is 0 Å². The van der Waals surface area contributed by atoms with Crippen LogP contribution in [0.3, 0.4) is 0 Å². The summed E-state index contributed by atoms with van der Waals surface area (Å²) in [4.78, 5) is 28.8. The molecule has 0 aromatic carbocycles. The van der Waals surface area contributed by atoms with Gasteiger partial charge in [-0.25, -0.2) is 0 Å². The van der Waals surface area contributed by atoms with Gasteiger partial charge in [0.2, 0.25) is 11.8 Å². The Kier molecular flexibility index (Phi) is 5.86. The molecule has 3 rings (SSSR count). The van der Waals surface area contributed by atoms with Crippen LogP contribution in [0.5, 0.6) is 0 Å². The summed E-state index contributed by atoms with van der Waals surface area (Å²) in [6, 6.07) is 2.13. The van der Waals surface area contributed by atoms with E-state index in [0.29, 0.717) is 19.6 Å². The summed E-state index contributed by atoms with van der Waals surface area (Å²) in [7, 11) is 0. The number of rotatable bonds is 5. The maximum atomic E-state index is 12.2. The second-order valence-corrected chi connectivity index (χ2v) is 7.27. The van der Waals surface area contributed by atoms with Crippen molar-refractivity contribution < 1.29 is 14.3 Å². The predicted molar refractivity (Wildman–Crippen MR) is 93.0 cm³/mol. The second-order valence-electron chi connectivity index (χ2n) is 6.32. The molecule has 0 saturated carbocycles. The van der Waals surface area contributed by atoms with E-state index in [9.17, 15) is 9.59 Å². The van der Waals surface area contributed by atoms with Crippen LogP contribution in [0.1, 0.15) is 29.9 Å². The molecular formula is C17H25N3O3S. The number of carbonyl (C=O) groups excluding carboxylic acids is 2. The van der Waals surface area contributed by atoms with E-state index in [0.717, 1.165) is 39.1 Å². The molecule has 1 N–H and O–H groups in total. The van der Waals surface area contributed by atoms with Crippen LogP contribution in [-0.2, 0) is 20.7 Å². The molecule has 1 saturated heterocycles. The molecule has 1 atom stereocenters. The maximum absolute atomic E-state index is 12.2. The Labute approximate surface area is 146 Å². The van der Waals surface area contributed by atoms with Crippen LogP contribution >= 0.6 is 11.3 Å². The van der Waals surface area contributed by atoms with E-state index in [1.54, 1.807) is 18.3 Å². The minimum absolute atomic E-state index is 0.0450. The molecule has 1 aromatic rings. The third kappa shape index (κ3) is 4.34. The van der Waals surface area contributed by atoms with Gasteiger partial charge in [-0.2, -0.15) is 0 Å². The highest BCUT2D eigenvalue weighted by molar-refractivity contribution is 7.10. The van der Waals surface area contributed by atoms with Crippen LogP contribution in [0.4, 0.5) is 0 Å². The number of fused-ring (bicyclic) bond motifs is 1. The normalized spacial score (nSPS) is 21.4. The van der Waals surface area contributed by atoms with Crippen LogP contribution in [0, 0.1) is 0 Å². The first kappa shape index (κ1) is 17.4. The molecule has 132 valence electrons. The summed E-state index contributed by atoms with van der Waals surface area (Å²) >= 11 is 1.68. The lowest BCUT2D eigenvalue weighted by Crippen LogP contribution is -2.49. The van der Waals surface area contributed by atoms with Crippen molar-refractivity contribution in [3.8, 4) is 0 Å². The van der Waals surface area contributed by atoms with Crippen LogP contribution < -0.4 is 5.32 Å². The number of ether oxygens (including phenoxy) is 1. The Morgan fingerprint density at radius 1 is 1.33 bits per heavy atom. The molecule has 3 heterocycles. The fourth-order valence-electron chi connectivity index (χ4n) is 3.26. The average Bonchev–Trinajstić information content (AvgIpc) is 3.05. The third-order valence-corrected chi connectivity index (χ3v) is 5.75. The number of thiophene rings is 1. The van der Waals surface area contributed by atoms with Gasteiger partial charge in [0.25, 0.3) is 0 Å². The highest BCUT2D eigenvalue weighted by atomic mass is 32.1. The second kappa shape index (κ2) is 8.09. The Hall–Kier alpha value is -1.44. The predicted octanol–water partition coefficient (Wildman–Crippen LogP) is 1.03. The number of nitrogens with one attached hydrogen (secondary N) is 1. The van der Waals surface area contributed by atoms with E-state index in [4.69, 9.17) is 4.74 Å². The van der Waals surface area contributed by atoms with E-state index < -0.39 is 0 Å². The Morgan fingerprint density at radius 3 is 2.88 bits per heavy atom. The number of nitrogens with zero attached hydrogens (tertiary/aromatic N) is 2. The Bertz CT molecular complexity index is 581. The zero-order chi connectivity index (χ0) is 16.9. The fourth-order valence-corrected chi connectivity index (χ4v) is 4.26. The van der Waals surface area contributed by atoms with Gasteiger partial charge in [0.1, 0.15) is 6.10 Å². The van der Waals surface area contributed by atoms with Crippen LogP contribution in [0.2, 0.25) is 0 Å². The van der Waals surface area contributed by atoms with E-state index in [-0.39, 0.29) is 17.9 Å². The quantitative estimate of drug-likeness (QED) is 0.861. The van der Waals surface area contributed by atoms with Gasteiger partial charge < -0.3 is 15.0 Å². The zero-order valence-electron chi connectivity index (χ0n) is 14.1. The minimum Gasteiger partial charge on any atom is -0.372 e. The molecule has 24 heavy (non-hydrogen) atoms. The van der Waals surface area contributed by atoms with E-state index in [1.807, 2.05) is 4.90 Å². The molecule has 0 spiro atoms. The molecular weight excluding hydrogens is 326 g/mol. The standard InChI is InChI=1S/C17H25N3O3S/c1-13(21)20-8-6-19(7-9-20)5-4-18-16(22)12-15-17-14(2-10-23-15)3-11-24-17/h3,11,15H,2,4-10,12H2,1H3,(H,18,22). The van der Waals surface area contributed by atoms with Crippen molar-refractivity contribution in [1.82, 2.24) is 15.1 Å². The molecule has 0 radical (unpaired) electrons. The number of amides is 2. The van der Waals surface area contributed by atoms with E-state index in [1.165, 1.54) is 10.4 Å². The molecule has 1 aromatic heterocycles. The highest BCUT2D eigenvalue weighted by Gasteiger charge is 2.24. The average molecular weight is 351 g/mol. The molecule has 6 nitrogen and oxygen atoms in total. The monoisotopic (exact) mass is 351 g/mol. The van der Waals surface area contributed by atoms with Gasteiger partial charge in [0.05, 0.1) is 13.0 Å². The largest absolute Gasteiger partial charge is 0.372 e. The van der Waals surface area contributed by atoms with Gasteiger partial charge in [-0.05, 0) is 23.4 Å². The summed E-state index contributed by atoms with van der Waals surface area (Å²) in [5.74, 6) is 0.187. The van der Waals surface area contributed by atoms with Crippen molar-refractivity contribution in [1.29, 1.82) is 0 Å². The maximum Gasteiger partial charge on any atom is 0.223 e. The van der Waals surface area contributed by atoms with Crippen molar-refractivity contribution >= 4 is 23.2 Å². The summed E-state index contributed by atoms with van der Waals surface area (Å²) < 4.78 is 5.77. The van der Waals surface area contributed by atoms with E-state index >= 15 is 0 Å². The van der Waals surface area contributed by atoms with Crippen molar-refractivity contribution in [2.45, 2.75) is 25.9 Å². The van der Waals surface area contributed by atoms with Gasteiger partial charge in [-0.1, -0.05) is 0 Å². The fraction of sp³-hybridized carbons (Fsp3) is 0.647. The number of hydrogen-bond acceptors (Lipinski definition) is 5. The first-order valence-corrected chi connectivity index (χ1v) is 9.44. The Morgan fingerprint density at radius 2 is 2.12 bits per heavy atom. The molecule has 7 heteroatoms. The van der Waals surface area contributed by atoms with Crippen molar-refractivity contribution in [3.63, 3.8) is 0 Å². The lowest BCUT2D eigenvalue weighted by molar-refractivity contribution is -0.130. The highest BCUT2D eigenvalue weighted by Crippen LogP contribution is 2.33. The number of carbonyl (C=O) groups is 2.